The highest BCUT2D eigenvalue weighted by molar-refractivity contribution is 9.10. The summed E-state index contributed by atoms with van der Waals surface area (Å²) in [6.07, 6.45) is 1.46. The predicted octanol–water partition coefficient (Wildman–Crippen LogP) is 4.76. The second kappa shape index (κ2) is 10.0. The summed E-state index contributed by atoms with van der Waals surface area (Å²) >= 11 is 3.50. The third-order valence-corrected chi connectivity index (χ3v) is 8.76. The first-order valence-corrected chi connectivity index (χ1v) is 13.8. The summed E-state index contributed by atoms with van der Waals surface area (Å²) in [5.41, 5.74) is -1.00. The molecule has 0 radical (unpaired) electrons. The molecule has 2 N–H and O–H groups in total. The fourth-order valence-electron chi connectivity index (χ4n) is 6.56. The molecule has 1 aliphatic carbocycles. The minimum absolute atomic E-state index is 0.274. The zero-order chi connectivity index (χ0) is 28.1. The van der Waals surface area contributed by atoms with Crippen LogP contribution in [0.25, 0.3) is 0 Å². The number of aliphatic hydroxyl groups excluding tert-OH is 1. The van der Waals surface area contributed by atoms with Gasteiger partial charge in [0, 0.05) is 24.0 Å². The van der Waals surface area contributed by atoms with Crippen molar-refractivity contribution in [1.82, 2.24) is 9.88 Å². The molecule has 1 amide bonds. The van der Waals surface area contributed by atoms with Crippen molar-refractivity contribution in [2.75, 3.05) is 14.2 Å². The number of ether oxygens (including phenoxy) is 2. The van der Waals surface area contributed by atoms with Crippen molar-refractivity contribution in [1.29, 1.82) is 0 Å². The van der Waals surface area contributed by atoms with Crippen LogP contribution in [0.4, 0.5) is 0 Å². The smallest absolute Gasteiger partial charge is 0.229 e. The molecule has 6 rings (SSSR count). The molecular weight excluding hydrogens is 572 g/mol. The maximum atomic E-state index is 14.4. The molecule has 4 aromatic rings. The molecule has 40 heavy (non-hydrogen) atoms. The fraction of sp³-hybridized carbons (Fsp3) is 0.250. The van der Waals surface area contributed by atoms with Crippen LogP contribution in [-0.4, -0.2) is 46.3 Å². The lowest BCUT2D eigenvalue weighted by molar-refractivity contribution is -0.156. The molecule has 2 aliphatic rings. The van der Waals surface area contributed by atoms with Crippen molar-refractivity contribution in [2.45, 2.75) is 29.8 Å². The minimum atomic E-state index is -2.04. The maximum absolute atomic E-state index is 14.4. The number of halogens is 1. The van der Waals surface area contributed by atoms with E-state index in [1.165, 1.54) is 19.5 Å². The minimum Gasteiger partial charge on any atom is -0.495 e. The van der Waals surface area contributed by atoms with Gasteiger partial charge < -0.3 is 24.6 Å². The maximum Gasteiger partial charge on any atom is 0.229 e. The van der Waals surface area contributed by atoms with Crippen LogP contribution in [0.3, 0.4) is 0 Å². The van der Waals surface area contributed by atoms with Gasteiger partial charge in [0.25, 0.3) is 0 Å². The van der Waals surface area contributed by atoms with Crippen LogP contribution in [0.15, 0.2) is 102 Å². The monoisotopic (exact) mass is 600 g/mol. The van der Waals surface area contributed by atoms with Crippen LogP contribution in [0, 0.1) is 5.92 Å². The lowest BCUT2D eigenvalue weighted by Gasteiger charge is -2.41. The summed E-state index contributed by atoms with van der Waals surface area (Å²) in [6.45, 7) is 0.346. The number of rotatable bonds is 6. The number of aromatic nitrogens is 1. The third-order valence-electron chi connectivity index (χ3n) is 8.24. The Kier molecular flexibility index (Phi) is 6.65. The molecule has 0 spiro atoms. The number of aliphatic hydroxyl groups is 2. The van der Waals surface area contributed by atoms with Crippen LogP contribution in [0.1, 0.15) is 28.2 Å². The molecule has 2 heterocycles. The van der Waals surface area contributed by atoms with Crippen molar-refractivity contribution in [3.05, 3.63) is 124 Å². The van der Waals surface area contributed by atoms with E-state index in [2.05, 4.69) is 20.9 Å². The summed E-state index contributed by atoms with van der Waals surface area (Å²) in [5.74, 6) is -1.54. The Balaban J connectivity index is 1.59. The third kappa shape index (κ3) is 3.78. The average molecular weight is 601 g/mol. The zero-order valence-corrected chi connectivity index (χ0v) is 23.7. The van der Waals surface area contributed by atoms with E-state index in [1.807, 2.05) is 84.9 Å². The number of pyridine rings is 1. The Labute approximate surface area is 241 Å². The molecule has 1 saturated carbocycles. The molecule has 1 aliphatic heterocycles. The van der Waals surface area contributed by atoms with Crippen LogP contribution in [-0.2, 0) is 22.5 Å². The number of hydrogen-bond acceptors (Lipinski definition) is 6. The number of methoxy groups -OCH3 is 1. The molecule has 0 unspecified atom stereocenters. The molecule has 1 aromatic heterocycles. The van der Waals surface area contributed by atoms with Crippen LogP contribution < -0.4 is 9.47 Å². The van der Waals surface area contributed by atoms with Crippen molar-refractivity contribution in [3.63, 3.8) is 0 Å². The highest BCUT2D eigenvalue weighted by Gasteiger charge is 2.78. The number of nitrogens with zero attached hydrogens (tertiary/aromatic N) is 2. The summed E-state index contributed by atoms with van der Waals surface area (Å²) in [7, 11) is 3.19. The molecule has 1 fully saturated rings. The van der Waals surface area contributed by atoms with Crippen molar-refractivity contribution in [2.24, 2.45) is 5.92 Å². The largest absolute Gasteiger partial charge is 0.495 e. The Morgan fingerprint density at radius 1 is 1.02 bits per heavy atom. The first-order valence-electron chi connectivity index (χ1n) is 13.0. The van der Waals surface area contributed by atoms with E-state index < -0.39 is 29.1 Å². The number of hydrogen-bond donors (Lipinski definition) is 2. The Bertz CT molecular complexity index is 1530. The van der Waals surface area contributed by atoms with Crippen LogP contribution in [0.5, 0.6) is 11.5 Å². The average Bonchev–Trinajstić information content (AvgIpc) is 3.36. The van der Waals surface area contributed by atoms with Gasteiger partial charge in [-0.25, -0.2) is 0 Å². The molecule has 3 aromatic carbocycles. The molecule has 0 bridgehead atoms. The molecule has 7 nitrogen and oxygen atoms in total. The molecule has 0 saturated heterocycles. The number of amides is 1. The van der Waals surface area contributed by atoms with E-state index in [1.54, 1.807) is 11.9 Å². The molecular formula is C32H29BrN2O5. The second-order valence-electron chi connectivity index (χ2n) is 10.4. The van der Waals surface area contributed by atoms with Gasteiger partial charge in [-0.1, -0.05) is 88.7 Å². The van der Waals surface area contributed by atoms with E-state index >= 15 is 0 Å². The van der Waals surface area contributed by atoms with E-state index in [9.17, 15) is 15.0 Å². The number of benzene rings is 3. The van der Waals surface area contributed by atoms with E-state index in [0.29, 0.717) is 17.9 Å². The Morgan fingerprint density at radius 3 is 2.33 bits per heavy atom. The molecule has 5 atom stereocenters. The summed E-state index contributed by atoms with van der Waals surface area (Å²) in [6, 6.07) is 26.6. The summed E-state index contributed by atoms with van der Waals surface area (Å²) < 4.78 is 13.2. The van der Waals surface area contributed by atoms with Gasteiger partial charge in [-0.15, -0.1) is 0 Å². The van der Waals surface area contributed by atoms with Crippen molar-refractivity contribution in [3.8, 4) is 11.5 Å². The van der Waals surface area contributed by atoms with Gasteiger partial charge in [-0.2, -0.15) is 0 Å². The van der Waals surface area contributed by atoms with Gasteiger partial charge in [-0.3, -0.25) is 9.78 Å². The van der Waals surface area contributed by atoms with Crippen molar-refractivity contribution < 1.29 is 24.5 Å². The quantitative estimate of drug-likeness (QED) is 0.331. The topological polar surface area (TPSA) is 92.1 Å². The lowest BCUT2D eigenvalue weighted by atomic mass is 9.70. The first kappa shape index (κ1) is 26.5. The highest BCUT2D eigenvalue weighted by Crippen LogP contribution is 2.69. The lowest BCUT2D eigenvalue weighted by Crippen LogP contribution is -2.52. The highest BCUT2D eigenvalue weighted by atomic mass is 79.9. The van der Waals surface area contributed by atoms with Gasteiger partial charge in [0.2, 0.25) is 5.91 Å². The Morgan fingerprint density at radius 2 is 1.68 bits per heavy atom. The second-order valence-corrected chi connectivity index (χ2v) is 11.3. The van der Waals surface area contributed by atoms with Gasteiger partial charge in [0.15, 0.2) is 11.2 Å². The van der Waals surface area contributed by atoms with Crippen molar-refractivity contribution >= 4 is 21.8 Å². The predicted molar refractivity (Wildman–Crippen MR) is 153 cm³/mol. The van der Waals surface area contributed by atoms with Gasteiger partial charge >= 0.3 is 0 Å². The zero-order valence-electron chi connectivity index (χ0n) is 22.1. The van der Waals surface area contributed by atoms with E-state index in [-0.39, 0.29) is 17.2 Å². The number of fused-ring (bicyclic) bond motifs is 3. The van der Waals surface area contributed by atoms with Crippen LogP contribution in [0.2, 0.25) is 0 Å². The van der Waals surface area contributed by atoms with E-state index in [0.717, 1.165) is 15.6 Å². The fourth-order valence-corrected chi connectivity index (χ4v) is 6.82. The summed E-state index contributed by atoms with van der Waals surface area (Å²) in [4.78, 5) is 20.2. The van der Waals surface area contributed by atoms with E-state index in [4.69, 9.17) is 9.47 Å². The number of carbonyl (C=O) groups is 1. The number of carbonyl (C=O) groups excluding carboxylic acids is 1. The van der Waals surface area contributed by atoms with Gasteiger partial charge in [0.1, 0.15) is 17.6 Å². The first-order chi connectivity index (χ1) is 19.3. The molecule has 8 heteroatoms. The van der Waals surface area contributed by atoms with Gasteiger partial charge in [-0.05, 0) is 28.8 Å². The standard InChI is InChI=1S/C32H29BrN2O5/c1-35(19-20-9-5-3-6-10-20)30(37)26-27(21-11-7-4-8-12-21)32(22-13-15-23(33)16-14-22)31(38,29(26)36)28-24(39-2)17-34-18-25(28)40-32/h3-18,26-27,29,36,38H,19H2,1-2H3/t26-,27-,29-,31+,32+/m1/s1. The summed E-state index contributed by atoms with van der Waals surface area (Å²) in [5, 5.41) is 25.1. The van der Waals surface area contributed by atoms with Gasteiger partial charge in [0.05, 0.1) is 31.0 Å². The SMILES string of the molecule is COc1cncc2c1[C@]1(O)[C@H](O)[C@H](C(=O)N(C)Cc3ccccc3)[C@@H](c3ccccc3)[C@]1(c1ccc(Br)cc1)O2. The normalized spacial score (nSPS) is 26.5. The van der Waals surface area contributed by atoms with Crippen LogP contribution >= 0.6 is 15.9 Å². The molecule has 204 valence electrons. The Hall–Kier alpha value is -3.72.